The molecule has 8 nitrogen and oxygen atoms in total. The van der Waals surface area contributed by atoms with Crippen molar-refractivity contribution in [2.24, 2.45) is 7.05 Å². The molecule has 0 saturated heterocycles. The summed E-state index contributed by atoms with van der Waals surface area (Å²) < 4.78 is 8.80. The predicted molar refractivity (Wildman–Crippen MR) is 129 cm³/mol. The Hall–Kier alpha value is -4.33. The molecule has 0 fully saturated rings. The van der Waals surface area contributed by atoms with Crippen LogP contribution in [0.15, 0.2) is 67.1 Å². The number of carbonyl (C=O) groups is 1. The number of aryl methyl sites for hydroxylation is 2. The molecule has 1 aromatic carbocycles. The van der Waals surface area contributed by atoms with E-state index < -0.39 is 0 Å². The van der Waals surface area contributed by atoms with Crippen molar-refractivity contribution < 1.29 is 9.53 Å². The van der Waals surface area contributed by atoms with Crippen LogP contribution in [0.25, 0.3) is 33.4 Å². The highest BCUT2D eigenvalue weighted by molar-refractivity contribution is 5.98. The number of methoxy groups -OCH3 is 1. The van der Waals surface area contributed by atoms with Crippen molar-refractivity contribution in [3.8, 4) is 22.4 Å². The van der Waals surface area contributed by atoms with E-state index >= 15 is 0 Å². The molecule has 0 saturated carbocycles. The van der Waals surface area contributed by atoms with Crippen LogP contribution < -0.4 is 0 Å². The van der Waals surface area contributed by atoms with Gasteiger partial charge in [-0.25, -0.2) is 14.5 Å². The van der Waals surface area contributed by atoms with E-state index in [1.807, 2.05) is 56.6 Å². The minimum absolute atomic E-state index is 0.0419. The van der Waals surface area contributed by atoms with Crippen LogP contribution in [0.3, 0.4) is 0 Å². The zero-order valence-corrected chi connectivity index (χ0v) is 19.4. The van der Waals surface area contributed by atoms with Crippen molar-refractivity contribution in [1.29, 1.82) is 0 Å². The highest BCUT2D eigenvalue weighted by Gasteiger charge is 2.20. The van der Waals surface area contributed by atoms with E-state index in [1.165, 1.54) is 7.11 Å². The highest BCUT2D eigenvalue weighted by Crippen LogP contribution is 2.36. The van der Waals surface area contributed by atoms with Gasteiger partial charge in [0.05, 0.1) is 35.8 Å². The first-order valence-corrected chi connectivity index (χ1v) is 10.9. The maximum Gasteiger partial charge on any atom is 0.337 e. The maximum atomic E-state index is 12.2. The number of carbonyl (C=O) groups excluding carboxylic acids is 1. The SMILES string of the molecule is COC(=O)c1cccc(-c2cn(C(C)c3ccccn3)c3ncc(-c4c(C)nnn4C)cc23)c1. The number of nitrogens with zero attached hydrogens (tertiary/aromatic N) is 6. The van der Waals surface area contributed by atoms with Gasteiger partial charge in [0.15, 0.2) is 0 Å². The summed E-state index contributed by atoms with van der Waals surface area (Å²) in [5.41, 5.74) is 6.79. The van der Waals surface area contributed by atoms with Gasteiger partial charge in [-0.3, -0.25) is 4.98 Å². The van der Waals surface area contributed by atoms with E-state index in [2.05, 4.69) is 39.1 Å². The minimum atomic E-state index is -0.372. The first-order chi connectivity index (χ1) is 16.5. The monoisotopic (exact) mass is 452 g/mol. The number of ether oxygens (including phenoxy) is 1. The van der Waals surface area contributed by atoms with Crippen molar-refractivity contribution in [3.63, 3.8) is 0 Å². The average Bonchev–Trinajstić information content (AvgIpc) is 3.42. The minimum Gasteiger partial charge on any atom is -0.465 e. The summed E-state index contributed by atoms with van der Waals surface area (Å²) >= 11 is 0. The first kappa shape index (κ1) is 21.5. The number of esters is 1. The molecule has 5 rings (SSSR count). The third kappa shape index (κ3) is 3.63. The van der Waals surface area contributed by atoms with E-state index in [1.54, 1.807) is 16.9 Å². The molecule has 0 spiro atoms. The van der Waals surface area contributed by atoms with Gasteiger partial charge in [0.25, 0.3) is 0 Å². The van der Waals surface area contributed by atoms with Crippen LogP contribution in [0.2, 0.25) is 0 Å². The van der Waals surface area contributed by atoms with Gasteiger partial charge in [0.2, 0.25) is 0 Å². The molecule has 0 aliphatic rings. The van der Waals surface area contributed by atoms with Crippen molar-refractivity contribution in [3.05, 3.63) is 84.1 Å². The third-order valence-electron chi connectivity index (χ3n) is 6.07. The lowest BCUT2D eigenvalue weighted by Crippen LogP contribution is -2.07. The van der Waals surface area contributed by atoms with Crippen LogP contribution in [0.1, 0.15) is 34.7 Å². The van der Waals surface area contributed by atoms with Gasteiger partial charge >= 0.3 is 5.97 Å². The molecule has 8 heteroatoms. The third-order valence-corrected chi connectivity index (χ3v) is 6.07. The van der Waals surface area contributed by atoms with Crippen LogP contribution in [0, 0.1) is 6.92 Å². The van der Waals surface area contributed by atoms with E-state index in [9.17, 15) is 4.79 Å². The van der Waals surface area contributed by atoms with Crippen molar-refractivity contribution in [2.75, 3.05) is 7.11 Å². The Bertz CT molecular complexity index is 1480. The molecule has 0 bridgehead atoms. The fourth-order valence-corrected chi connectivity index (χ4v) is 4.34. The molecule has 0 radical (unpaired) electrons. The molecule has 5 aromatic rings. The van der Waals surface area contributed by atoms with Crippen molar-refractivity contribution in [2.45, 2.75) is 19.9 Å². The number of hydrogen-bond donors (Lipinski definition) is 0. The number of benzene rings is 1. The second-order valence-electron chi connectivity index (χ2n) is 8.20. The van der Waals surface area contributed by atoms with Gasteiger partial charge in [-0.05, 0) is 49.7 Å². The smallest absolute Gasteiger partial charge is 0.337 e. The molecule has 4 aromatic heterocycles. The van der Waals surface area contributed by atoms with Crippen LogP contribution in [0.4, 0.5) is 0 Å². The van der Waals surface area contributed by atoms with Crippen LogP contribution in [-0.2, 0) is 11.8 Å². The maximum absolute atomic E-state index is 12.2. The Morgan fingerprint density at radius 3 is 2.62 bits per heavy atom. The Morgan fingerprint density at radius 1 is 1.06 bits per heavy atom. The summed E-state index contributed by atoms with van der Waals surface area (Å²) in [6, 6.07) is 15.4. The molecule has 0 amide bonds. The largest absolute Gasteiger partial charge is 0.465 e. The second-order valence-corrected chi connectivity index (χ2v) is 8.20. The van der Waals surface area contributed by atoms with Crippen LogP contribution in [-0.4, -0.2) is 42.6 Å². The fourth-order valence-electron chi connectivity index (χ4n) is 4.34. The first-order valence-electron chi connectivity index (χ1n) is 10.9. The van der Waals surface area contributed by atoms with E-state index in [0.717, 1.165) is 44.8 Å². The van der Waals surface area contributed by atoms with E-state index in [4.69, 9.17) is 9.72 Å². The molecule has 4 heterocycles. The summed E-state index contributed by atoms with van der Waals surface area (Å²) in [5.74, 6) is -0.372. The second kappa shape index (κ2) is 8.55. The predicted octanol–water partition coefficient (Wildman–Crippen LogP) is 4.60. The standard InChI is InChI=1S/C26H24N6O2/c1-16-24(31(3)30-29-16)20-13-21-22(18-8-7-9-19(12-18)26(33)34-4)15-32(25(21)28-14-20)17(2)23-10-5-6-11-27-23/h5-15,17H,1-4H3. The molecule has 34 heavy (non-hydrogen) atoms. The van der Waals surface area contributed by atoms with Gasteiger partial charge in [-0.1, -0.05) is 23.4 Å². The summed E-state index contributed by atoms with van der Waals surface area (Å²) in [6.45, 7) is 4.03. The molecule has 0 aliphatic heterocycles. The number of fused-ring (bicyclic) bond motifs is 1. The van der Waals surface area contributed by atoms with Gasteiger partial charge in [-0.15, -0.1) is 5.10 Å². The van der Waals surface area contributed by atoms with Gasteiger partial charge in [0.1, 0.15) is 5.65 Å². The molecule has 1 unspecified atom stereocenters. The summed E-state index contributed by atoms with van der Waals surface area (Å²) in [6.07, 6.45) is 5.72. The lowest BCUT2D eigenvalue weighted by Gasteiger charge is -2.14. The Kier molecular flexibility index (Phi) is 5.41. The molecular weight excluding hydrogens is 428 g/mol. The Morgan fingerprint density at radius 2 is 1.91 bits per heavy atom. The topological polar surface area (TPSA) is 87.7 Å². The Labute approximate surface area is 196 Å². The lowest BCUT2D eigenvalue weighted by molar-refractivity contribution is 0.0601. The normalized spacial score (nSPS) is 12.1. The van der Waals surface area contributed by atoms with E-state index in [-0.39, 0.29) is 12.0 Å². The highest BCUT2D eigenvalue weighted by atomic mass is 16.5. The molecule has 0 aliphatic carbocycles. The number of aromatic nitrogens is 6. The van der Waals surface area contributed by atoms with Gasteiger partial charge in [-0.2, -0.15) is 0 Å². The van der Waals surface area contributed by atoms with Crippen LogP contribution in [0.5, 0.6) is 0 Å². The Balaban J connectivity index is 1.74. The molecule has 1 atom stereocenters. The summed E-state index contributed by atoms with van der Waals surface area (Å²) in [4.78, 5) is 21.6. The van der Waals surface area contributed by atoms with Crippen molar-refractivity contribution >= 4 is 17.0 Å². The molecular formula is C26H24N6O2. The summed E-state index contributed by atoms with van der Waals surface area (Å²) in [5, 5.41) is 9.29. The summed E-state index contributed by atoms with van der Waals surface area (Å²) in [7, 11) is 3.25. The zero-order valence-electron chi connectivity index (χ0n) is 19.4. The number of pyridine rings is 2. The van der Waals surface area contributed by atoms with Gasteiger partial charge < -0.3 is 9.30 Å². The number of rotatable bonds is 5. The number of hydrogen-bond acceptors (Lipinski definition) is 6. The zero-order chi connectivity index (χ0) is 23.8. The fraction of sp³-hybridized carbons (Fsp3) is 0.192. The average molecular weight is 453 g/mol. The van der Waals surface area contributed by atoms with Crippen LogP contribution >= 0.6 is 0 Å². The molecule has 170 valence electrons. The quantitative estimate of drug-likeness (QED) is 0.362. The molecule has 0 N–H and O–H groups in total. The van der Waals surface area contributed by atoms with E-state index in [0.29, 0.717) is 5.56 Å². The van der Waals surface area contributed by atoms with Crippen molar-refractivity contribution in [1.82, 2.24) is 29.5 Å². The lowest BCUT2D eigenvalue weighted by atomic mass is 10.0. The van der Waals surface area contributed by atoms with Gasteiger partial charge in [0, 0.05) is 42.2 Å².